The summed E-state index contributed by atoms with van der Waals surface area (Å²) in [5.41, 5.74) is 0.171. The van der Waals surface area contributed by atoms with Gasteiger partial charge in [-0.3, -0.25) is 0 Å². The van der Waals surface area contributed by atoms with E-state index < -0.39 is 47.6 Å². The van der Waals surface area contributed by atoms with E-state index in [-0.39, 0.29) is 30.4 Å². The molecule has 0 spiro atoms. The number of ether oxygens (including phenoxy) is 4. The fourth-order valence-electron chi connectivity index (χ4n) is 4.28. The number of esters is 2. The molecule has 6 atom stereocenters. The summed E-state index contributed by atoms with van der Waals surface area (Å²) in [4.78, 5) is 24.5. The molecule has 3 aliphatic rings. The van der Waals surface area contributed by atoms with Crippen molar-refractivity contribution in [3.63, 3.8) is 0 Å². The number of methoxy groups -OCH3 is 1. The second-order valence-electron chi connectivity index (χ2n) is 7.95. The Kier molecular flexibility index (Phi) is 4.82. The van der Waals surface area contributed by atoms with Crippen LogP contribution in [0.2, 0.25) is 0 Å². The van der Waals surface area contributed by atoms with Crippen LogP contribution in [0.4, 0.5) is 0 Å². The number of carbonyl (C=O) groups is 2. The fourth-order valence-corrected chi connectivity index (χ4v) is 4.28. The Bertz CT molecular complexity index is 726. The second kappa shape index (κ2) is 6.58. The maximum Gasteiger partial charge on any atom is 0.334 e. The normalized spacial score (nSPS) is 41.3. The van der Waals surface area contributed by atoms with E-state index >= 15 is 0 Å². The molecule has 3 aliphatic heterocycles. The molecule has 7 heteroatoms. The van der Waals surface area contributed by atoms with Gasteiger partial charge in [0.1, 0.15) is 23.9 Å². The highest BCUT2D eigenvalue weighted by atomic mass is 16.7. The molecular weight excluding hydrogens is 352 g/mol. The molecule has 2 bridgehead atoms. The molecule has 3 rings (SSSR count). The van der Waals surface area contributed by atoms with E-state index in [0.29, 0.717) is 5.57 Å². The first kappa shape index (κ1) is 19.8. The van der Waals surface area contributed by atoms with Crippen molar-refractivity contribution in [2.24, 2.45) is 5.92 Å². The van der Waals surface area contributed by atoms with Crippen molar-refractivity contribution in [2.45, 2.75) is 62.8 Å². The van der Waals surface area contributed by atoms with Crippen molar-refractivity contribution in [3.8, 4) is 0 Å². The summed E-state index contributed by atoms with van der Waals surface area (Å²) in [5, 5.41) is 10.9. The zero-order valence-corrected chi connectivity index (χ0v) is 15.9. The molecular formula is C20H26O7. The van der Waals surface area contributed by atoms with Crippen LogP contribution < -0.4 is 0 Å². The predicted octanol–water partition coefficient (Wildman–Crippen LogP) is 1.80. The Balaban J connectivity index is 2.06. The van der Waals surface area contributed by atoms with Crippen LogP contribution in [0.3, 0.4) is 0 Å². The van der Waals surface area contributed by atoms with E-state index in [0.717, 1.165) is 0 Å². The molecule has 0 aromatic rings. The molecule has 27 heavy (non-hydrogen) atoms. The fraction of sp³-hybridized carbons (Fsp3) is 0.600. The number of rotatable bonds is 3. The monoisotopic (exact) mass is 378 g/mol. The number of carbonyl (C=O) groups excluding carboxylic acids is 2. The minimum absolute atomic E-state index is 0.156. The predicted molar refractivity (Wildman–Crippen MR) is 95.4 cm³/mol. The first-order chi connectivity index (χ1) is 12.5. The number of aliphatic hydroxyl groups is 1. The molecule has 0 amide bonds. The van der Waals surface area contributed by atoms with Crippen molar-refractivity contribution < 1.29 is 33.6 Å². The van der Waals surface area contributed by atoms with Gasteiger partial charge in [-0.2, -0.15) is 0 Å². The summed E-state index contributed by atoms with van der Waals surface area (Å²) >= 11 is 0. The Morgan fingerprint density at radius 1 is 1.37 bits per heavy atom. The van der Waals surface area contributed by atoms with E-state index in [1.54, 1.807) is 13.8 Å². The van der Waals surface area contributed by atoms with Crippen molar-refractivity contribution in [1.29, 1.82) is 0 Å². The summed E-state index contributed by atoms with van der Waals surface area (Å²) in [6.07, 6.45) is -1.70. The average Bonchev–Trinajstić information content (AvgIpc) is 3.01. The SMILES string of the molecule is C=C1CC(OC(=O)C(=C)C)C2C(=C)C(=O)OC2C2OC(O)(C1)CC2(C)OC. The van der Waals surface area contributed by atoms with Crippen LogP contribution in [-0.4, -0.2) is 53.9 Å². The number of hydrogen-bond acceptors (Lipinski definition) is 7. The smallest absolute Gasteiger partial charge is 0.334 e. The average molecular weight is 378 g/mol. The van der Waals surface area contributed by atoms with Gasteiger partial charge in [0.15, 0.2) is 5.79 Å². The minimum Gasteiger partial charge on any atom is -0.458 e. The van der Waals surface area contributed by atoms with Gasteiger partial charge in [-0.05, 0) is 13.8 Å². The zero-order chi connectivity index (χ0) is 20.1. The Morgan fingerprint density at radius 2 is 2.04 bits per heavy atom. The third-order valence-corrected chi connectivity index (χ3v) is 5.63. The van der Waals surface area contributed by atoms with Crippen molar-refractivity contribution in [3.05, 3.63) is 36.5 Å². The van der Waals surface area contributed by atoms with Gasteiger partial charge < -0.3 is 24.1 Å². The molecule has 0 radical (unpaired) electrons. The van der Waals surface area contributed by atoms with Crippen molar-refractivity contribution in [2.75, 3.05) is 7.11 Å². The van der Waals surface area contributed by atoms with E-state index in [1.807, 2.05) is 0 Å². The highest BCUT2D eigenvalue weighted by molar-refractivity contribution is 5.91. The van der Waals surface area contributed by atoms with Gasteiger partial charge in [-0.25, -0.2) is 9.59 Å². The molecule has 1 N–H and O–H groups in total. The topological polar surface area (TPSA) is 91.3 Å². The summed E-state index contributed by atoms with van der Waals surface area (Å²) in [6.45, 7) is 14.8. The zero-order valence-electron chi connectivity index (χ0n) is 15.9. The highest BCUT2D eigenvalue weighted by Gasteiger charge is 2.62. The summed E-state index contributed by atoms with van der Waals surface area (Å²) in [6, 6.07) is 0. The lowest BCUT2D eigenvalue weighted by Gasteiger charge is -2.35. The number of fused-ring (bicyclic) bond motifs is 4. The maximum atomic E-state index is 12.3. The van der Waals surface area contributed by atoms with Crippen LogP contribution in [0.25, 0.3) is 0 Å². The maximum absolute atomic E-state index is 12.3. The third kappa shape index (κ3) is 3.35. The molecule has 0 aromatic heterocycles. The molecule has 6 unspecified atom stereocenters. The lowest BCUT2D eigenvalue weighted by Crippen LogP contribution is -2.49. The summed E-state index contributed by atoms with van der Waals surface area (Å²) in [7, 11) is 1.52. The molecule has 3 saturated heterocycles. The standard InChI is InChI=1S/C20H26O7/c1-10(2)17(21)25-13-7-11(3)8-20(23)9-19(5,24-6)16(27-20)15-14(13)12(4)18(22)26-15/h13-16,23H,1,3-4,7-9H2,2,5-6H3. The third-order valence-electron chi connectivity index (χ3n) is 5.63. The van der Waals surface area contributed by atoms with Gasteiger partial charge in [0, 0.05) is 37.5 Å². The quantitative estimate of drug-likeness (QED) is 0.455. The molecule has 3 heterocycles. The van der Waals surface area contributed by atoms with E-state index in [9.17, 15) is 14.7 Å². The second-order valence-corrected chi connectivity index (χ2v) is 7.95. The van der Waals surface area contributed by atoms with Gasteiger partial charge in [0.05, 0.1) is 5.92 Å². The number of hydrogen-bond donors (Lipinski definition) is 1. The lowest BCUT2D eigenvalue weighted by atomic mass is 9.78. The van der Waals surface area contributed by atoms with Crippen LogP contribution in [0.15, 0.2) is 36.5 Å². The summed E-state index contributed by atoms with van der Waals surface area (Å²) in [5.74, 6) is -3.29. The van der Waals surface area contributed by atoms with Crippen molar-refractivity contribution in [1.82, 2.24) is 0 Å². The Labute approximate surface area is 158 Å². The van der Waals surface area contributed by atoms with Crippen LogP contribution >= 0.6 is 0 Å². The Hall–Kier alpha value is -1.96. The largest absolute Gasteiger partial charge is 0.458 e. The van der Waals surface area contributed by atoms with E-state index in [4.69, 9.17) is 18.9 Å². The highest BCUT2D eigenvalue weighted by Crippen LogP contribution is 2.50. The van der Waals surface area contributed by atoms with Crippen molar-refractivity contribution >= 4 is 11.9 Å². The van der Waals surface area contributed by atoms with Crippen LogP contribution in [0.5, 0.6) is 0 Å². The molecule has 3 fully saturated rings. The van der Waals surface area contributed by atoms with Gasteiger partial charge in [-0.15, -0.1) is 0 Å². The van der Waals surface area contributed by atoms with Gasteiger partial charge in [-0.1, -0.05) is 25.3 Å². The molecule has 0 saturated carbocycles. The first-order valence-electron chi connectivity index (χ1n) is 8.88. The Morgan fingerprint density at radius 3 is 2.63 bits per heavy atom. The molecule has 7 nitrogen and oxygen atoms in total. The molecule has 0 aliphatic carbocycles. The minimum atomic E-state index is -1.50. The van der Waals surface area contributed by atoms with E-state index in [1.165, 1.54) is 7.11 Å². The van der Waals surface area contributed by atoms with E-state index in [2.05, 4.69) is 19.7 Å². The van der Waals surface area contributed by atoms with Crippen LogP contribution in [0.1, 0.15) is 33.1 Å². The molecule has 148 valence electrons. The van der Waals surface area contributed by atoms with Crippen LogP contribution in [-0.2, 0) is 28.5 Å². The van der Waals surface area contributed by atoms with Gasteiger partial charge in [0.25, 0.3) is 0 Å². The molecule has 0 aromatic carbocycles. The van der Waals surface area contributed by atoms with Crippen LogP contribution in [0, 0.1) is 5.92 Å². The van der Waals surface area contributed by atoms with Gasteiger partial charge >= 0.3 is 11.9 Å². The van der Waals surface area contributed by atoms with Gasteiger partial charge in [0.2, 0.25) is 0 Å². The first-order valence-corrected chi connectivity index (χ1v) is 8.88. The lowest BCUT2D eigenvalue weighted by molar-refractivity contribution is -0.217. The summed E-state index contributed by atoms with van der Waals surface area (Å²) < 4.78 is 22.8.